The molecule has 0 spiro atoms. The van der Waals surface area contributed by atoms with Crippen molar-refractivity contribution in [2.75, 3.05) is 44.2 Å². The summed E-state index contributed by atoms with van der Waals surface area (Å²) in [5, 5.41) is 14.5. The van der Waals surface area contributed by atoms with Crippen molar-refractivity contribution < 1.29 is 14.1 Å². The number of fused-ring (bicyclic) bond motifs is 1. The topological polar surface area (TPSA) is 105 Å². The largest absolute Gasteiger partial charge is 0.433 e. The van der Waals surface area contributed by atoms with Crippen molar-refractivity contribution in [3.05, 3.63) is 51.3 Å². The Kier molecular flexibility index (Phi) is 5.69. The van der Waals surface area contributed by atoms with Gasteiger partial charge in [0.1, 0.15) is 4.92 Å². The van der Waals surface area contributed by atoms with Gasteiger partial charge in [-0.05, 0) is 31.0 Å². The zero-order valence-corrected chi connectivity index (χ0v) is 17.7. The Labute approximate surface area is 177 Å². The monoisotopic (exact) mass is 429 g/mol. The fourth-order valence-electron chi connectivity index (χ4n) is 3.51. The van der Waals surface area contributed by atoms with Crippen molar-refractivity contribution in [2.24, 2.45) is 0 Å². The van der Waals surface area contributed by atoms with E-state index in [1.807, 2.05) is 0 Å². The first-order valence-corrected chi connectivity index (χ1v) is 10.6. The average molecular weight is 430 g/mol. The highest BCUT2D eigenvalue weighted by atomic mass is 32.1. The highest BCUT2D eigenvalue weighted by Gasteiger charge is 2.21. The Hall–Kier alpha value is -2.98. The molecule has 0 radical (unpaired) electrons. The highest BCUT2D eigenvalue weighted by molar-refractivity contribution is 7.22. The molecule has 0 aliphatic carbocycles. The minimum Gasteiger partial charge on any atom is -0.395 e. The van der Waals surface area contributed by atoms with Crippen LogP contribution in [-0.4, -0.2) is 60.0 Å². The van der Waals surface area contributed by atoms with E-state index in [2.05, 4.69) is 41.1 Å². The number of thiazole rings is 1. The van der Waals surface area contributed by atoms with Gasteiger partial charge in [0.2, 0.25) is 0 Å². The number of carbonyl (C=O) groups is 1. The van der Waals surface area contributed by atoms with Crippen LogP contribution in [0.4, 0.5) is 11.0 Å². The number of benzene rings is 1. The Morgan fingerprint density at radius 2 is 1.93 bits per heavy atom. The van der Waals surface area contributed by atoms with Crippen LogP contribution < -0.4 is 10.2 Å². The van der Waals surface area contributed by atoms with E-state index >= 15 is 0 Å². The molecular weight excluding hydrogens is 406 g/mol. The second kappa shape index (κ2) is 8.41. The zero-order chi connectivity index (χ0) is 21.3. The summed E-state index contributed by atoms with van der Waals surface area (Å²) in [5.74, 6) is -0.925. The molecule has 1 aromatic carbocycles. The van der Waals surface area contributed by atoms with Crippen LogP contribution in [-0.2, 0) is 0 Å². The van der Waals surface area contributed by atoms with Gasteiger partial charge >= 0.3 is 5.88 Å². The summed E-state index contributed by atoms with van der Waals surface area (Å²) in [6.07, 6.45) is 0. The molecule has 0 atom stereocenters. The Morgan fingerprint density at radius 1 is 1.20 bits per heavy atom. The number of nitrogens with zero attached hydrogens (tertiary/aromatic N) is 4. The van der Waals surface area contributed by atoms with Gasteiger partial charge in [-0.2, -0.15) is 0 Å². The molecule has 3 heterocycles. The van der Waals surface area contributed by atoms with Crippen molar-refractivity contribution in [1.29, 1.82) is 0 Å². The number of aromatic nitrogens is 1. The van der Waals surface area contributed by atoms with Gasteiger partial charge in [-0.15, -0.1) is 0 Å². The Balaban J connectivity index is 1.27. The second-order valence-corrected chi connectivity index (χ2v) is 8.33. The molecule has 3 aromatic rings. The number of anilines is 1. The number of rotatable bonds is 6. The Bertz CT molecular complexity index is 1050. The minimum absolute atomic E-state index is 0.0482. The quantitative estimate of drug-likeness (QED) is 0.474. The Morgan fingerprint density at radius 3 is 2.60 bits per heavy atom. The molecule has 0 unspecified atom stereocenters. The van der Waals surface area contributed by atoms with Crippen molar-refractivity contribution >= 4 is 38.5 Å². The summed E-state index contributed by atoms with van der Waals surface area (Å²) in [4.78, 5) is 31.5. The number of furan rings is 1. The molecule has 4 rings (SSSR count). The first kappa shape index (κ1) is 20.3. The molecule has 0 saturated carbocycles. The molecule has 1 aliphatic rings. The van der Waals surface area contributed by atoms with Crippen LogP contribution in [0.1, 0.15) is 21.7 Å². The molecule has 10 heteroatoms. The lowest BCUT2D eigenvalue weighted by molar-refractivity contribution is -0.402. The third kappa shape index (κ3) is 4.14. The predicted octanol–water partition coefficient (Wildman–Crippen LogP) is 2.97. The maximum Gasteiger partial charge on any atom is 0.433 e. The normalized spacial score (nSPS) is 14.9. The van der Waals surface area contributed by atoms with Gasteiger partial charge in [0.05, 0.1) is 16.3 Å². The summed E-state index contributed by atoms with van der Waals surface area (Å²) in [6, 6.07) is 6.76. The number of carbonyl (C=O) groups excluding carboxylic acids is 1. The molecule has 1 fully saturated rings. The molecule has 0 bridgehead atoms. The van der Waals surface area contributed by atoms with E-state index in [1.165, 1.54) is 28.0 Å². The number of hydrogen-bond donors (Lipinski definition) is 1. The molecular formula is C20H23N5O4S. The van der Waals surface area contributed by atoms with Gasteiger partial charge in [-0.3, -0.25) is 19.8 Å². The lowest BCUT2D eigenvalue weighted by Crippen LogP contribution is -2.48. The smallest absolute Gasteiger partial charge is 0.395 e. The average Bonchev–Trinajstić information content (AvgIpc) is 3.40. The molecule has 9 nitrogen and oxygen atoms in total. The molecule has 1 aliphatic heterocycles. The fraction of sp³-hybridized carbons (Fsp3) is 0.400. The molecule has 1 amide bonds. The summed E-state index contributed by atoms with van der Waals surface area (Å²) in [5.41, 5.74) is 3.56. The SMILES string of the molecule is Cc1ccc(C)c2sc(N3CCN(CCNC(=O)c4ccc([N+](=O)[O-])o4)CC3)nc12. The zero-order valence-electron chi connectivity index (χ0n) is 16.9. The van der Waals surface area contributed by atoms with E-state index in [-0.39, 0.29) is 5.76 Å². The van der Waals surface area contributed by atoms with E-state index in [9.17, 15) is 14.9 Å². The van der Waals surface area contributed by atoms with Crippen molar-refractivity contribution in [3.8, 4) is 0 Å². The van der Waals surface area contributed by atoms with Crippen LogP contribution in [0.2, 0.25) is 0 Å². The van der Waals surface area contributed by atoms with E-state index in [4.69, 9.17) is 9.40 Å². The van der Waals surface area contributed by atoms with Gasteiger partial charge in [0, 0.05) is 39.3 Å². The standard InChI is InChI=1S/C20H23N5O4S/c1-13-3-4-14(2)18-17(13)22-20(30-18)24-11-9-23(10-12-24)8-7-21-19(26)15-5-6-16(29-15)25(27)28/h3-6H,7-12H2,1-2H3,(H,21,26). The van der Waals surface area contributed by atoms with Gasteiger partial charge in [-0.1, -0.05) is 23.5 Å². The first-order valence-electron chi connectivity index (χ1n) is 9.79. The highest BCUT2D eigenvalue weighted by Crippen LogP contribution is 2.33. The summed E-state index contributed by atoms with van der Waals surface area (Å²) < 4.78 is 6.17. The molecule has 158 valence electrons. The number of nitro groups is 1. The number of piperazine rings is 1. The van der Waals surface area contributed by atoms with Crippen LogP contribution in [0.25, 0.3) is 10.2 Å². The third-order valence-electron chi connectivity index (χ3n) is 5.28. The van der Waals surface area contributed by atoms with E-state index in [1.54, 1.807) is 11.3 Å². The van der Waals surface area contributed by atoms with E-state index < -0.39 is 16.7 Å². The van der Waals surface area contributed by atoms with Crippen molar-refractivity contribution in [2.45, 2.75) is 13.8 Å². The number of hydrogen-bond acceptors (Lipinski definition) is 8. The summed E-state index contributed by atoms with van der Waals surface area (Å²) in [7, 11) is 0. The molecule has 2 aromatic heterocycles. The van der Waals surface area contributed by atoms with Crippen LogP contribution in [0.5, 0.6) is 0 Å². The first-order chi connectivity index (χ1) is 14.4. The van der Waals surface area contributed by atoms with Crippen LogP contribution in [0.3, 0.4) is 0 Å². The minimum atomic E-state index is -0.662. The third-order valence-corrected chi connectivity index (χ3v) is 6.53. The van der Waals surface area contributed by atoms with Gasteiger partial charge < -0.3 is 14.6 Å². The predicted molar refractivity (Wildman–Crippen MR) is 115 cm³/mol. The lowest BCUT2D eigenvalue weighted by Gasteiger charge is -2.34. The maximum atomic E-state index is 12.0. The molecule has 1 N–H and O–H groups in total. The van der Waals surface area contributed by atoms with E-state index in [0.717, 1.165) is 36.8 Å². The summed E-state index contributed by atoms with van der Waals surface area (Å²) >= 11 is 1.75. The van der Waals surface area contributed by atoms with Crippen molar-refractivity contribution in [1.82, 2.24) is 15.2 Å². The number of nitrogens with one attached hydrogen (secondary N) is 1. The van der Waals surface area contributed by atoms with Gasteiger partial charge in [-0.25, -0.2) is 4.98 Å². The maximum absolute atomic E-state index is 12.0. The van der Waals surface area contributed by atoms with E-state index in [0.29, 0.717) is 13.1 Å². The molecule has 1 saturated heterocycles. The second-order valence-electron chi connectivity index (χ2n) is 7.35. The van der Waals surface area contributed by atoms with Crippen LogP contribution >= 0.6 is 11.3 Å². The number of amides is 1. The van der Waals surface area contributed by atoms with Gasteiger partial charge in [0.25, 0.3) is 5.91 Å². The molecule has 30 heavy (non-hydrogen) atoms. The summed E-state index contributed by atoms with van der Waals surface area (Å²) in [6.45, 7) is 8.92. The van der Waals surface area contributed by atoms with Crippen LogP contribution in [0, 0.1) is 24.0 Å². The fourth-order valence-corrected chi connectivity index (χ4v) is 4.67. The number of aryl methyl sites for hydroxylation is 2. The van der Waals surface area contributed by atoms with Gasteiger partial charge in [0.15, 0.2) is 10.9 Å². The van der Waals surface area contributed by atoms with Crippen LogP contribution in [0.15, 0.2) is 28.7 Å². The lowest BCUT2D eigenvalue weighted by atomic mass is 10.1. The van der Waals surface area contributed by atoms with Crippen molar-refractivity contribution in [3.63, 3.8) is 0 Å².